The quantitative estimate of drug-likeness (QED) is 0.172. The van der Waals surface area contributed by atoms with Crippen molar-refractivity contribution in [3.63, 3.8) is 0 Å². The molecule has 0 radical (unpaired) electrons. The lowest BCUT2D eigenvalue weighted by Gasteiger charge is -2.27. The van der Waals surface area contributed by atoms with Gasteiger partial charge in [-0.25, -0.2) is 4.98 Å². The smallest absolute Gasteiger partial charge is 0.149 e. The molecular formula is C63H50N4O2. The Bertz CT molecular complexity index is 3810. The second kappa shape index (κ2) is 16.7. The van der Waals surface area contributed by atoms with Crippen LogP contribution in [0.25, 0.3) is 106 Å². The lowest BCUT2D eigenvalue weighted by molar-refractivity contribution is 0.446. The molecule has 3 aromatic heterocycles. The summed E-state index contributed by atoms with van der Waals surface area (Å²) in [5.74, 6) is 0.855. The van der Waals surface area contributed by atoms with Gasteiger partial charge in [0.05, 0.1) is 39.6 Å². The molecule has 3 heterocycles. The number of phenols is 1. The van der Waals surface area contributed by atoms with E-state index in [2.05, 4.69) is 161 Å². The van der Waals surface area contributed by atoms with Crippen LogP contribution < -0.4 is 0 Å². The third kappa shape index (κ3) is 7.53. The van der Waals surface area contributed by atoms with Crippen molar-refractivity contribution in [2.24, 2.45) is 0 Å². The van der Waals surface area contributed by atoms with Crippen molar-refractivity contribution >= 4 is 33.0 Å². The Kier molecular flexibility index (Phi) is 10.4. The topological polar surface area (TPSA) is 87.9 Å². The van der Waals surface area contributed by atoms with E-state index in [1.54, 1.807) is 0 Å². The van der Waals surface area contributed by atoms with Gasteiger partial charge >= 0.3 is 0 Å². The van der Waals surface area contributed by atoms with Crippen molar-refractivity contribution in [1.29, 1.82) is 5.26 Å². The minimum atomic E-state index is -0.358. The number of benzene rings is 8. The van der Waals surface area contributed by atoms with Gasteiger partial charge in [0, 0.05) is 44.8 Å². The fraction of sp³-hybridized carbons (Fsp3) is 0.127. The maximum atomic E-state index is 12.6. The van der Waals surface area contributed by atoms with Crippen LogP contribution in [0.3, 0.4) is 0 Å². The number of pyridine rings is 1. The van der Waals surface area contributed by atoms with Crippen molar-refractivity contribution in [3.05, 3.63) is 205 Å². The van der Waals surface area contributed by atoms with Crippen molar-refractivity contribution in [3.8, 4) is 84.7 Å². The number of aromatic nitrogens is 3. The van der Waals surface area contributed by atoms with Crippen LogP contribution >= 0.6 is 0 Å². The molecule has 0 fully saturated rings. The van der Waals surface area contributed by atoms with Crippen LogP contribution in [0.15, 0.2) is 193 Å². The fourth-order valence-corrected chi connectivity index (χ4v) is 9.76. The largest absolute Gasteiger partial charge is 0.507 e. The summed E-state index contributed by atoms with van der Waals surface area (Å²) >= 11 is 0. The van der Waals surface area contributed by atoms with Gasteiger partial charge in [0.15, 0.2) is 0 Å². The zero-order chi connectivity index (χ0) is 47.6. The van der Waals surface area contributed by atoms with Crippen LogP contribution in [-0.4, -0.2) is 19.6 Å². The van der Waals surface area contributed by atoms with Gasteiger partial charge in [-0.15, -0.1) is 0 Å². The Labute approximate surface area is 402 Å². The van der Waals surface area contributed by atoms with E-state index in [0.717, 1.165) is 94.4 Å². The van der Waals surface area contributed by atoms with E-state index in [4.69, 9.17) is 14.4 Å². The van der Waals surface area contributed by atoms with Crippen LogP contribution in [0.1, 0.15) is 58.2 Å². The third-order valence-electron chi connectivity index (χ3n) is 13.3. The average molecular weight is 895 g/mol. The van der Waals surface area contributed by atoms with Crippen LogP contribution in [-0.2, 0) is 10.8 Å². The molecule has 0 aliphatic rings. The Morgan fingerprint density at radius 1 is 0.536 bits per heavy atom. The highest BCUT2D eigenvalue weighted by atomic mass is 16.3. The monoisotopic (exact) mass is 894 g/mol. The highest BCUT2D eigenvalue weighted by Crippen LogP contribution is 2.48. The van der Waals surface area contributed by atoms with E-state index in [0.29, 0.717) is 28.1 Å². The molecule has 11 rings (SSSR count). The lowest BCUT2D eigenvalue weighted by Crippen LogP contribution is -2.17. The fourth-order valence-electron chi connectivity index (χ4n) is 9.76. The van der Waals surface area contributed by atoms with Gasteiger partial charge in [0.2, 0.25) is 0 Å². The van der Waals surface area contributed by atoms with Gasteiger partial charge in [-0.3, -0.25) is 9.55 Å². The van der Waals surface area contributed by atoms with Crippen LogP contribution in [0.2, 0.25) is 0 Å². The highest BCUT2D eigenvalue weighted by Gasteiger charge is 2.30. The first-order chi connectivity index (χ1) is 33.4. The summed E-state index contributed by atoms with van der Waals surface area (Å²) in [5.41, 5.74) is 15.7. The molecule has 0 unspecified atom stereocenters. The first-order valence-electron chi connectivity index (χ1n) is 23.4. The lowest BCUT2D eigenvalue weighted by atomic mass is 9.79. The van der Waals surface area contributed by atoms with Crippen molar-refractivity contribution in [1.82, 2.24) is 14.5 Å². The van der Waals surface area contributed by atoms with Gasteiger partial charge in [-0.1, -0.05) is 169 Å². The van der Waals surface area contributed by atoms with Gasteiger partial charge in [-0.2, -0.15) is 5.26 Å². The number of aromatic hydroxyl groups is 1. The van der Waals surface area contributed by atoms with Gasteiger partial charge in [-0.05, 0) is 98.8 Å². The van der Waals surface area contributed by atoms with E-state index < -0.39 is 0 Å². The SMILES string of the molecule is CC(C)(C)c1cc(-c2nc3c(-c4cc(-c5cc(-c6ccccc6)ccn5)c5oc6c(-c7ccccc7)c(C#N)ccc6c5c4)cccc3n2-c2ccccc2-c2ccccc2)c(O)c(C(C)(C)C)c1. The van der Waals surface area contributed by atoms with Crippen LogP contribution in [0.4, 0.5) is 0 Å². The first kappa shape index (κ1) is 43.1. The number of hydrogen-bond donors (Lipinski definition) is 1. The molecule has 0 amide bonds. The predicted molar refractivity (Wildman–Crippen MR) is 283 cm³/mol. The number of nitrogens with zero attached hydrogens (tertiary/aromatic N) is 4. The molecule has 0 bridgehead atoms. The molecule has 6 heteroatoms. The molecule has 69 heavy (non-hydrogen) atoms. The predicted octanol–water partition coefficient (Wildman–Crippen LogP) is 16.5. The number of furan rings is 1. The molecule has 8 aromatic carbocycles. The maximum absolute atomic E-state index is 12.6. The first-order valence-corrected chi connectivity index (χ1v) is 23.4. The number of para-hydroxylation sites is 2. The van der Waals surface area contributed by atoms with Crippen LogP contribution in [0.5, 0.6) is 5.75 Å². The summed E-state index contributed by atoms with van der Waals surface area (Å²) in [7, 11) is 0. The maximum Gasteiger partial charge on any atom is 0.149 e. The van der Waals surface area contributed by atoms with E-state index in [9.17, 15) is 10.4 Å². The average Bonchev–Trinajstić information content (AvgIpc) is 3.95. The molecule has 0 atom stereocenters. The van der Waals surface area contributed by atoms with Gasteiger partial charge in [0.1, 0.15) is 22.7 Å². The Hall–Kier alpha value is -8.53. The third-order valence-corrected chi connectivity index (χ3v) is 13.3. The summed E-state index contributed by atoms with van der Waals surface area (Å²) in [6.45, 7) is 13.1. The number of fused-ring (bicyclic) bond motifs is 4. The van der Waals surface area contributed by atoms with E-state index in [1.807, 2.05) is 79.0 Å². The zero-order valence-corrected chi connectivity index (χ0v) is 39.5. The minimum absolute atomic E-state index is 0.216. The standard InChI is InChI=1S/C63H50N4O2/c1-62(2,3)45-36-51(58(68)52(37-45)63(4,5)6)61-66-57-47(26-18-28-55(57)67(61)54-27-17-16-25-46(54)40-21-12-8-13-22-40)44-33-49-48-30-29-43(38-64)56(41-23-14-9-15-24-41)60(48)69-59(49)50(34-44)53-35-42(31-32-65-53)39-19-10-7-11-20-39/h7-37,68H,1-6H3. The number of imidazole rings is 1. The van der Waals surface area contributed by atoms with Crippen molar-refractivity contribution < 1.29 is 9.52 Å². The number of phenolic OH excluding ortho intramolecular Hbond substituents is 1. The summed E-state index contributed by atoms with van der Waals surface area (Å²) in [6.07, 6.45) is 1.85. The number of rotatable bonds is 7. The summed E-state index contributed by atoms with van der Waals surface area (Å²) in [6, 6.07) is 64.6. The van der Waals surface area contributed by atoms with Gasteiger partial charge in [0.25, 0.3) is 0 Å². The molecule has 0 saturated carbocycles. The van der Waals surface area contributed by atoms with E-state index in [-0.39, 0.29) is 16.6 Å². The molecule has 0 saturated heterocycles. The number of nitriles is 1. The normalized spacial score (nSPS) is 12.0. The molecule has 1 N–H and O–H groups in total. The summed E-state index contributed by atoms with van der Waals surface area (Å²) < 4.78 is 9.26. The molecule has 11 aromatic rings. The molecule has 0 aliphatic heterocycles. The molecule has 0 spiro atoms. The Morgan fingerprint density at radius 3 is 1.90 bits per heavy atom. The Balaban J connectivity index is 1.24. The molecular weight excluding hydrogens is 845 g/mol. The van der Waals surface area contributed by atoms with Crippen molar-refractivity contribution in [2.45, 2.75) is 52.4 Å². The summed E-state index contributed by atoms with van der Waals surface area (Å²) in [4.78, 5) is 10.7. The van der Waals surface area contributed by atoms with Gasteiger partial charge < -0.3 is 9.52 Å². The van der Waals surface area contributed by atoms with Crippen LogP contribution in [0, 0.1) is 11.3 Å². The minimum Gasteiger partial charge on any atom is -0.507 e. The van der Waals surface area contributed by atoms with Crippen molar-refractivity contribution in [2.75, 3.05) is 0 Å². The second-order valence-electron chi connectivity index (χ2n) is 19.9. The molecule has 334 valence electrons. The highest BCUT2D eigenvalue weighted by molar-refractivity contribution is 6.15. The van der Waals surface area contributed by atoms with E-state index >= 15 is 0 Å². The summed E-state index contributed by atoms with van der Waals surface area (Å²) in [5, 5.41) is 24.8. The zero-order valence-electron chi connectivity index (χ0n) is 39.5. The van der Waals surface area contributed by atoms with E-state index in [1.165, 1.54) is 0 Å². The Morgan fingerprint density at radius 2 is 1.20 bits per heavy atom. The second-order valence-corrected chi connectivity index (χ2v) is 19.9. The molecule has 6 nitrogen and oxygen atoms in total. The number of hydrogen-bond acceptors (Lipinski definition) is 5. The molecule has 0 aliphatic carbocycles.